The number of ketones is 1. The molecule has 0 saturated carbocycles. The molecule has 9 heteroatoms. The molecule has 0 heterocycles. The number of anilines is 1. The van der Waals surface area contributed by atoms with Crippen LogP contribution in [-0.4, -0.2) is 44.1 Å². The molecule has 0 unspecified atom stereocenters. The van der Waals surface area contributed by atoms with Crippen LogP contribution >= 0.6 is 11.6 Å². The average molecular weight is 439 g/mol. The van der Waals surface area contributed by atoms with Crippen LogP contribution in [0.3, 0.4) is 0 Å². The van der Waals surface area contributed by atoms with Gasteiger partial charge in [-0.15, -0.1) is 0 Å². The predicted octanol–water partition coefficient (Wildman–Crippen LogP) is 3.59. The maximum Gasteiger partial charge on any atom is 0.262 e. The zero-order valence-electron chi connectivity index (χ0n) is 16.4. The zero-order valence-corrected chi connectivity index (χ0v) is 18.0. The van der Waals surface area contributed by atoms with Crippen molar-refractivity contribution in [2.75, 3.05) is 25.0 Å². The molecule has 7 nitrogen and oxygen atoms in total. The molecule has 0 saturated heterocycles. The van der Waals surface area contributed by atoms with E-state index in [1.807, 2.05) is 0 Å². The van der Waals surface area contributed by atoms with E-state index in [2.05, 4.69) is 5.32 Å². The van der Waals surface area contributed by atoms with Crippen molar-refractivity contribution in [1.29, 1.82) is 0 Å². The highest BCUT2D eigenvalue weighted by molar-refractivity contribution is 7.89. The van der Waals surface area contributed by atoms with Gasteiger partial charge in [0.15, 0.2) is 12.4 Å². The second kappa shape index (κ2) is 9.87. The first-order valence-electron chi connectivity index (χ1n) is 9.02. The summed E-state index contributed by atoms with van der Waals surface area (Å²) in [6, 6.07) is 10.7. The molecule has 0 bridgehead atoms. The van der Waals surface area contributed by atoms with Crippen LogP contribution in [0.25, 0.3) is 0 Å². The van der Waals surface area contributed by atoms with E-state index in [1.165, 1.54) is 29.4 Å². The molecule has 0 aliphatic heterocycles. The summed E-state index contributed by atoms with van der Waals surface area (Å²) < 4.78 is 31.8. The molecule has 2 aromatic carbocycles. The molecule has 0 atom stereocenters. The van der Waals surface area contributed by atoms with Crippen LogP contribution in [0.15, 0.2) is 47.4 Å². The summed E-state index contributed by atoms with van der Waals surface area (Å²) in [5.74, 6) is -0.358. The van der Waals surface area contributed by atoms with Crippen molar-refractivity contribution in [3.63, 3.8) is 0 Å². The van der Waals surface area contributed by atoms with Crippen LogP contribution in [0.5, 0.6) is 5.75 Å². The van der Waals surface area contributed by atoms with Gasteiger partial charge >= 0.3 is 0 Å². The molecule has 0 aliphatic carbocycles. The highest BCUT2D eigenvalue weighted by atomic mass is 35.5. The van der Waals surface area contributed by atoms with Gasteiger partial charge in [-0.25, -0.2) is 8.42 Å². The van der Waals surface area contributed by atoms with Gasteiger partial charge in [0.25, 0.3) is 5.91 Å². The number of Topliss-reactive ketones (excluding diaryl/α,β-unsaturated/α-hetero) is 1. The molecule has 156 valence electrons. The molecule has 2 aromatic rings. The Kier molecular flexibility index (Phi) is 7.78. The van der Waals surface area contributed by atoms with Crippen molar-refractivity contribution in [3.8, 4) is 5.75 Å². The molecule has 0 spiro atoms. The molecule has 0 radical (unpaired) electrons. The van der Waals surface area contributed by atoms with E-state index in [0.717, 1.165) is 0 Å². The van der Waals surface area contributed by atoms with E-state index < -0.39 is 15.9 Å². The van der Waals surface area contributed by atoms with Gasteiger partial charge < -0.3 is 10.1 Å². The summed E-state index contributed by atoms with van der Waals surface area (Å²) in [7, 11) is -3.64. The summed E-state index contributed by atoms with van der Waals surface area (Å²) in [4.78, 5) is 23.6. The Morgan fingerprint density at radius 1 is 1.10 bits per heavy atom. The topological polar surface area (TPSA) is 92.8 Å². The highest BCUT2D eigenvalue weighted by Gasteiger charge is 2.22. The fourth-order valence-corrected chi connectivity index (χ4v) is 4.41. The van der Waals surface area contributed by atoms with Crippen molar-refractivity contribution in [3.05, 3.63) is 53.1 Å². The molecule has 29 heavy (non-hydrogen) atoms. The van der Waals surface area contributed by atoms with Crippen molar-refractivity contribution in [1.82, 2.24) is 4.31 Å². The summed E-state index contributed by atoms with van der Waals surface area (Å²) in [5.41, 5.74) is 0.954. The molecule has 1 N–H and O–H groups in total. The number of amides is 1. The monoisotopic (exact) mass is 438 g/mol. The average Bonchev–Trinajstić information content (AvgIpc) is 2.67. The Hall–Kier alpha value is -2.42. The summed E-state index contributed by atoms with van der Waals surface area (Å²) in [6.45, 7) is 5.32. The number of rotatable bonds is 9. The molecule has 2 rings (SSSR count). The first kappa shape index (κ1) is 22.9. The minimum Gasteiger partial charge on any atom is -0.482 e. The van der Waals surface area contributed by atoms with Crippen LogP contribution in [-0.2, 0) is 14.8 Å². The first-order chi connectivity index (χ1) is 13.7. The van der Waals surface area contributed by atoms with Crippen LogP contribution in [0.1, 0.15) is 31.1 Å². The lowest BCUT2D eigenvalue weighted by Crippen LogP contribution is -2.30. The smallest absolute Gasteiger partial charge is 0.262 e. The Labute approximate surface area is 175 Å². The molecule has 0 aliphatic rings. The van der Waals surface area contributed by atoms with Crippen LogP contribution < -0.4 is 10.1 Å². The predicted molar refractivity (Wildman–Crippen MR) is 112 cm³/mol. The van der Waals surface area contributed by atoms with E-state index in [4.69, 9.17) is 16.3 Å². The van der Waals surface area contributed by atoms with E-state index >= 15 is 0 Å². The number of carbonyl (C=O) groups is 2. The van der Waals surface area contributed by atoms with Crippen LogP contribution in [0.4, 0.5) is 5.69 Å². The number of sulfonamides is 1. The van der Waals surface area contributed by atoms with E-state index in [9.17, 15) is 18.0 Å². The van der Waals surface area contributed by atoms with Gasteiger partial charge in [0, 0.05) is 24.3 Å². The summed E-state index contributed by atoms with van der Waals surface area (Å²) in [5, 5.41) is 2.72. The lowest BCUT2D eigenvalue weighted by atomic mass is 10.1. The Balaban J connectivity index is 2.05. The van der Waals surface area contributed by atoms with Gasteiger partial charge in [-0.2, -0.15) is 4.31 Å². The van der Waals surface area contributed by atoms with E-state index in [0.29, 0.717) is 24.3 Å². The largest absolute Gasteiger partial charge is 0.482 e. The van der Waals surface area contributed by atoms with E-state index in [1.54, 1.807) is 38.1 Å². The van der Waals surface area contributed by atoms with Gasteiger partial charge in [-0.05, 0) is 37.3 Å². The van der Waals surface area contributed by atoms with E-state index in [-0.39, 0.29) is 28.1 Å². The lowest BCUT2D eigenvalue weighted by molar-refractivity contribution is -0.118. The number of hydrogen-bond acceptors (Lipinski definition) is 5. The fourth-order valence-electron chi connectivity index (χ4n) is 2.63. The quantitative estimate of drug-likeness (QED) is 0.604. The Morgan fingerprint density at radius 2 is 1.79 bits per heavy atom. The standard InChI is InChI=1S/C20H23ClN2O5S/c1-4-23(5-2)29(26,27)17-9-10-19(18(21)12-17)28-13-20(25)22-16-8-6-7-15(11-16)14(3)24/h6-12H,4-5,13H2,1-3H3,(H,22,25). The van der Waals surface area contributed by atoms with Crippen LogP contribution in [0, 0.1) is 0 Å². The van der Waals surface area contributed by atoms with Crippen molar-refractivity contribution in [2.45, 2.75) is 25.7 Å². The van der Waals surface area contributed by atoms with Gasteiger partial charge in [0.05, 0.1) is 9.92 Å². The molecular weight excluding hydrogens is 416 g/mol. The Bertz CT molecular complexity index is 1000. The normalized spacial score (nSPS) is 11.3. The third-order valence-electron chi connectivity index (χ3n) is 4.16. The summed E-state index contributed by atoms with van der Waals surface area (Å²) >= 11 is 6.15. The second-order valence-electron chi connectivity index (χ2n) is 6.16. The molecule has 0 aromatic heterocycles. The first-order valence-corrected chi connectivity index (χ1v) is 10.8. The number of halogens is 1. The minimum absolute atomic E-state index is 0.0593. The maximum absolute atomic E-state index is 12.5. The third kappa shape index (κ3) is 5.79. The van der Waals surface area contributed by atoms with Gasteiger partial charge in [0.1, 0.15) is 5.75 Å². The molecule has 1 amide bonds. The van der Waals surface area contributed by atoms with Crippen molar-refractivity contribution >= 4 is 39.0 Å². The number of nitrogens with zero attached hydrogens (tertiary/aromatic N) is 1. The number of nitrogens with one attached hydrogen (secondary N) is 1. The Morgan fingerprint density at radius 3 is 2.38 bits per heavy atom. The number of carbonyl (C=O) groups excluding carboxylic acids is 2. The highest BCUT2D eigenvalue weighted by Crippen LogP contribution is 2.28. The number of ether oxygens (including phenoxy) is 1. The second-order valence-corrected chi connectivity index (χ2v) is 8.50. The van der Waals surface area contributed by atoms with Crippen LogP contribution in [0.2, 0.25) is 5.02 Å². The van der Waals surface area contributed by atoms with Gasteiger partial charge in [0.2, 0.25) is 10.0 Å². The molecular formula is C20H23ClN2O5S. The third-order valence-corrected chi connectivity index (χ3v) is 6.50. The van der Waals surface area contributed by atoms with Gasteiger partial charge in [-0.3, -0.25) is 9.59 Å². The number of benzene rings is 2. The zero-order chi connectivity index (χ0) is 21.6. The molecule has 0 fully saturated rings. The maximum atomic E-state index is 12.5. The minimum atomic E-state index is -3.64. The fraction of sp³-hybridized carbons (Fsp3) is 0.300. The number of hydrogen-bond donors (Lipinski definition) is 1. The van der Waals surface area contributed by atoms with Crippen molar-refractivity contribution < 1.29 is 22.7 Å². The van der Waals surface area contributed by atoms with Gasteiger partial charge in [-0.1, -0.05) is 37.6 Å². The SMILES string of the molecule is CCN(CC)S(=O)(=O)c1ccc(OCC(=O)Nc2cccc(C(C)=O)c2)c(Cl)c1. The summed E-state index contributed by atoms with van der Waals surface area (Å²) in [6.07, 6.45) is 0. The lowest BCUT2D eigenvalue weighted by Gasteiger charge is -2.19. The van der Waals surface area contributed by atoms with Crippen molar-refractivity contribution in [2.24, 2.45) is 0 Å².